The van der Waals surface area contributed by atoms with Gasteiger partial charge < -0.3 is 0 Å². The molecular formula is C13H11N3S. The van der Waals surface area contributed by atoms with Crippen molar-refractivity contribution in [1.82, 2.24) is 14.4 Å². The van der Waals surface area contributed by atoms with Gasteiger partial charge in [-0.15, -0.1) is 11.8 Å². The zero-order valence-electron chi connectivity index (χ0n) is 9.37. The summed E-state index contributed by atoms with van der Waals surface area (Å²) in [6, 6.07) is 12.1. The van der Waals surface area contributed by atoms with E-state index in [9.17, 15) is 0 Å². The van der Waals surface area contributed by atoms with Gasteiger partial charge in [-0.25, -0.2) is 9.97 Å². The number of imidazole rings is 1. The Morgan fingerprint density at radius 3 is 2.71 bits per heavy atom. The number of fused-ring (bicyclic) bond motifs is 1. The Balaban J connectivity index is 2.30. The maximum absolute atomic E-state index is 4.58. The molecular weight excluding hydrogens is 230 g/mol. The summed E-state index contributed by atoms with van der Waals surface area (Å²) in [6.45, 7) is 0. The zero-order valence-corrected chi connectivity index (χ0v) is 10.2. The van der Waals surface area contributed by atoms with Crippen molar-refractivity contribution in [2.24, 2.45) is 0 Å². The second kappa shape index (κ2) is 4.22. The number of aromatic nitrogens is 3. The van der Waals surface area contributed by atoms with Crippen LogP contribution in [0.3, 0.4) is 0 Å². The lowest BCUT2D eigenvalue weighted by atomic mass is 10.2. The van der Waals surface area contributed by atoms with E-state index < -0.39 is 0 Å². The lowest BCUT2D eigenvalue weighted by Gasteiger charge is -2.00. The van der Waals surface area contributed by atoms with Gasteiger partial charge in [0, 0.05) is 18.0 Å². The Hall–Kier alpha value is -1.81. The number of rotatable bonds is 2. The van der Waals surface area contributed by atoms with Crippen LogP contribution in [0.25, 0.3) is 17.0 Å². The van der Waals surface area contributed by atoms with Crippen molar-refractivity contribution >= 4 is 17.5 Å². The van der Waals surface area contributed by atoms with E-state index in [1.54, 1.807) is 18.0 Å². The van der Waals surface area contributed by atoms with Gasteiger partial charge in [-0.3, -0.25) is 4.40 Å². The Morgan fingerprint density at radius 2 is 1.94 bits per heavy atom. The fraction of sp³-hybridized carbons (Fsp3) is 0.0769. The molecule has 0 fully saturated rings. The molecule has 0 atom stereocenters. The summed E-state index contributed by atoms with van der Waals surface area (Å²) < 4.78 is 2.02. The molecule has 17 heavy (non-hydrogen) atoms. The molecule has 1 aromatic carbocycles. The van der Waals surface area contributed by atoms with Crippen LogP contribution < -0.4 is 0 Å². The van der Waals surface area contributed by atoms with Gasteiger partial charge in [0.05, 0.1) is 0 Å². The van der Waals surface area contributed by atoms with E-state index in [0.717, 1.165) is 22.1 Å². The average molecular weight is 241 g/mol. The van der Waals surface area contributed by atoms with Crippen molar-refractivity contribution in [2.75, 3.05) is 6.26 Å². The van der Waals surface area contributed by atoms with Crippen LogP contribution in [0.2, 0.25) is 0 Å². The van der Waals surface area contributed by atoms with Gasteiger partial charge in [0.15, 0.2) is 0 Å². The standard InChI is InChI=1S/C13H11N3S/c1-17-12-11(10-6-3-2-4-7-10)15-13-14-8-5-9-16(12)13/h2-9H,1H3. The molecule has 2 aromatic heterocycles. The quantitative estimate of drug-likeness (QED) is 0.646. The van der Waals surface area contributed by atoms with E-state index in [-0.39, 0.29) is 0 Å². The average Bonchev–Trinajstić information content (AvgIpc) is 2.78. The second-order valence-corrected chi connectivity index (χ2v) is 4.42. The van der Waals surface area contributed by atoms with Gasteiger partial charge in [-0.1, -0.05) is 30.3 Å². The lowest BCUT2D eigenvalue weighted by Crippen LogP contribution is -1.87. The van der Waals surface area contributed by atoms with E-state index in [1.807, 2.05) is 34.9 Å². The SMILES string of the molecule is CSc1c(-c2ccccc2)nc2ncccn12. The minimum atomic E-state index is 0.746. The topological polar surface area (TPSA) is 30.2 Å². The Morgan fingerprint density at radius 1 is 1.12 bits per heavy atom. The van der Waals surface area contributed by atoms with E-state index in [0.29, 0.717) is 0 Å². The third-order valence-corrected chi connectivity index (χ3v) is 3.38. The number of benzene rings is 1. The van der Waals surface area contributed by atoms with Crippen molar-refractivity contribution in [1.29, 1.82) is 0 Å². The van der Waals surface area contributed by atoms with Gasteiger partial charge >= 0.3 is 0 Å². The van der Waals surface area contributed by atoms with Crippen LogP contribution in [-0.4, -0.2) is 20.6 Å². The maximum Gasteiger partial charge on any atom is 0.235 e. The summed E-state index contributed by atoms with van der Waals surface area (Å²) in [7, 11) is 0. The Kier molecular flexibility index (Phi) is 2.57. The van der Waals surface area contributed by atoms with Gasteiger partial charge in [-0.2, -0.15) is 0 Å². The van der Waals surface area contributed by atoms with Crippen LogP contribution in [-0.2, 0) is 0 Å². The molecule has 3 rings (SSSR count). The highest BCUT2D eigenvalue weighted by atomic mass is 32.2. The second-order valence-electron chi connectivity index (χ2n) is 3.63. The first kappa shape index (κ1) is 10.4. The largest absolute Gasteiger partial charge is 0.278 e. The third-order valence-electron chi connectivity index (χ3n) is 2.60. The fourth-order valence-corrected chi connectivity index (χ4v) is 2.54. The summed E-state index contributed by atoms with van der Waals surface area (Å²) in [5.41, 5.74) is 2.12. The Bertz CT molecular complexity index is 646. The van der Waals surface area contributed by atoms with E-state index in [1.165, 1.54) is 0 Å². The van der Waals surface area contributed by atoms with Crippen LogP contribution in [0.1, 0.15) is 0 Å². The van der Waals surface area contributed by atoms with Crippen molar-refractivity contribution in [3.8, 4) is 11.3 Å². The molecule has 0 amide bonds. The molecule has 0 spiro atoms. The molecule has 3 nitrogen and oxygen atoms in total. The van der Waals surface area contributed by atoms with E-state index >= 15 is 0 Å². The molecule has 0 aliphatic rings. The van der Waals surface area contributed by atoms with E-state index in [4.69, 9.17) is 0 Å². The first-order valence-corrected chi connectivity index (χ1v) is 6.55. The summed E-state index contributed by atoms with van der Waals surface area (Å²) in [6.07, 6.45) is 5.82. The summed E-state index contributed by atoms with van der Waals surface area (Å²) in [4.78, 5) is 8.86. The van der Waals surface area contributed by atoms with Gasteiger partial charge in [-0.05, 0) is 12.3 Å². The predicted octanol–water partition coefficient (Wildman–Crippen LogP) is 3.12. The molecule has 3 aromatic rings. The minimum Gasteiger partial charge on any atom is -0.278 e. The summed E-state index contributed by atoms with van der Waals surface area (Å²) >= 11 is 1.69. The van der Waals surface area contributed by atoms with Crippen LogP contribution in [0, 0.1) is 0 Å². The van der Waals surface area contributed by atoms with Crippen molar-refractivity contribution in [3.63, 3.8) is 0 Å². The first-order valence-electron chi connectivity index (χ1n) is 5.32. The van der Waals surface area contributed by atoms with Crippen LogP contribution in [0.15, 0.2) is 53.8 Å². The van der Waals surface area contributed by atoms with Crippen LogP contribution in [0.4, 0.5) is 0 Å². The van der Waals surface area contributed by atoms with Gasteiger partial charge in [0.1, 0.15) is 10.7 Å². The van der Waals surface area contributed by atoms with Gasteiger partial charge in [0.25, 0.3) is 0 Å². The molecule has 0 saturated carbocycles. The lowest BCUT2D eigenvalue weighted by molar-refractivity contribution is 1.02. The molecule has 0 N–H and O–H groups in total. The molecule has 4 heteroatoms. The fourth-order valence-electron chi connectivity index (χ4n) is 1.85. The van der Waals surface area contributed by atoms with Crippen molar-refractivity contribution in [3.05, 3.63) is 48.8 Å². The molecule has 0 aliphatic heterocycles. The van der Waals surface area contributed by atoms with Crippen molar-refractivity contribution < 1.29 is 0 Å². The zero-order chi connectivity index (χ0) is 11.7. The monoisotopic (exact) mass is 241 g/mol. The van der Waals surface area contributed by atoms with Crippen molar-refractivity contribution in [2.45, 2.75) is 5.03 Å². The predicted molar refractivity (Wildman–Crippen MR) is 70.2 cm³/mol. The summed E-state index contributed by atoms with van der Waals surface area (Å²) in [5.74, 6) is 0.746. The highest BCUT2D eigenvalue weighted by Gasteiger charge is 2.12. The molecule has 84 valence electrons. The maximum atomic E-state index is 4.58. The minimum absolute atomic E-state index is 0.746. The number of nitrogens with zero attached hydrogens (tertiary/aromatic N) is 3. The summed E-state index contributed by atoms with van der Waals surface area (Å²) in [5, 5.41) is 1.12. The Labute approximate surface area is 104 Å². The smallest absolute Gasteiger partial charge is 0.235 e. The number of thioether (sulfide) groups is 1. The van der Waals surface area contributed by atoms with Crippen LogP contribution >= 0.6 is 11.8 Å². The molecule has 0 bridgehead atoms. The number of hydrogen-bond acceptors (Lipinski definition) is 3. The molecule has 0 aliphatic carbocycles. The highest BCUT2D eigenvalue weighted by molar-refractivity contribution is 7.98. The van der Waals surface area contributed by atoms with Gasteiger partial charge in [0.2, 0.25) is 5.78 Å². The third kappa shape index (κ3) is 1.70. The highest BCUT2D eigenvalue weighted by Crippen LogP contribution is 2.29. The molecule has 0 unspecified atom stereocenters. The van der Waals surface area contributed by atoms with E-state index in [2.05, 4.69) is 28.4 Å². The number of hydrogen-bond donors (Lipinski definition) is 0. The first-order chi connectivity index (χ1) is 8.40. The molecule has 0 saturated heterocycles. The normalized spacial score (nSPS) is 10.9. The molecule has 2 heterocycles. The molecule has 0 radical (unpaired) electrons. The van der Waals surface area contributed by atoms with Crippen LogP contribution in [0.5, 0.6) is 0 Å².